The molecule has 0 unspecified atom stereocenters. The highest BCUT2D eigenvalue weighted by Crippen LogP contribution is 2.27. The molecule has 3 rings (SSSR count). The SMILES string of the molecule is COc1ccc(CN([C@H]2CCCCNC2=O)S(=O)(=O)c2ccc(Cl)cc2)cc1F. The Morgan fingerprint density at radius 1 is 1.21 bits per heavy atom. The number of benzene rings is 2. The van der Waals surface area contributed by atoms with E-state index in [0.717, 1.165) is 10.7 Å². The molecule has 1 atom stereocenters. The molecule has 1 saturated heterocycles. The van der Waals surface area contributed by atoms with Crippen LogP contribution in [0.15, 0.2) is 47.4 Å². The van der Waals surface area contributed by atoms with Crippen LogP contribution in [0.5, 0.6) is 5.75 Å². The number of rotatable bonds is 6. The van der Waals surface area contributed by atoms with E-state index in [1.165, 1.54) is 43.5 Å². The molecule has 1 amide bonds. The van der Waals surface area contributed by atoms with Crippen LogP contribution in [-0.4, -0.2) is 38.3 Å². The zero-order valence-electron chi connectivity index (χ0n) is 15.9. The smallest absolute Gasteiger partial charge is 0.244 e. The van der Waals surface area contributed by atoms with Crippen molar-refractivity contribution in [3.8, 4) is 5.75 Å². The minimum atomic E-state index is -4.03. The van der Waals surface area contributed by atoms with E-state index in [0.29, 0.717) is 30.0 Å². The third-order valence-electron chi connectivity index (χ3n) is 4.83. The summed E-state index contributed by atoms with van der Waals surface area (Å²) in [5.74, 6) is -0.888. The quantitative estimate of drug-likeness (QED) is 0.747. The van der Waals surface area contributed by atoms with Gasteiger partial charge in [0.2, 0.25) is 15.9 Å². The summed E-state index contributed by atoms with van der Waals surface area (Å²) < 4.78 is 47.0. The number of nitrogens with one attached hydrogen (secondary N) is 1. The van der Waals surface area contributed by atoms with Crippen molar-refractivity contribution in [1.82, 2.24) is 9.62 Å². The third kappa shape index (κ3) is 4.88. The molecular formula is C20H22ClFN2O4S. The van der Waals surface area contributed by atoms with Gasteiger partial charge in [0.15, 0.2) is 11.6 Å². The molecule has 2 aromatic carbocycles. The first-order chi connectivity index (χ1) is 13.8. The zero-order valence-corrected chi connectivity index (χ0v) is 17.5. The Morgan fingerprint density at radius 2 is 1.93 bits per heavy atom. The van der Waals surface area contributed by atoms with Gasteiger partial charge in [-0.15, -0.1) is 0 Å². The minimum absolute atomic E-state index is 0.0212. The van der Waals surface area contributed by atoms with Gasteiger partial charge < -0.3 is 10.1 Å². The fourth-order valence-corrected chi connectivity index (χ4v) is 5.02. The molecule has 0 aromatic heterocycles. The number of carbonyl (C=O) groups is 1. The highest BCUT2D eigenvalue weighted by atomic mass is 35.5. The molecule has 0 bridgehead atoms. The van der Waals surface area contributed by atoms with Gasteiger partial charge >= 0.3 is 0 Å². The number of halogens is 2. The van der Waals surface area contributed by atoms with Gasteiger partial charge in [-0.25, -0.2) is 12.8 Å². The highest BCUT2D eigenvalue weighted by molar-refractivity contribution is 7.89. The molecule has 1 N–H and O–H groups in total. The average molecular weight is 441 g/mol. The van der Waals surface area contributed by atoms with Crippen LogP contribution in [0.25, 0.3) is 0 Å². The summed E-state index contributed by atoms with van der Waals surface area (Å²) in [4.78, 5) is 12.6. The lowest BCUT2D eigenvalue weighted by molar-refractivity contribution is -0.124. The van der Waals surface area contributed by atoms with Gasteiger partial charge in [0, 0.05) is 18.1 Å². The first kappa shape index (κ1) is 21.5. The number of hydrogen-bond donors (Lipinski definition) is 1. The summed E-state index contributed by atoms with van der Waals surface area (Å²) in [7, 11) is -2.68. The van der Waals surface area contributed by atoms with Crippen molar-refractivity contribution in [1.29, 1.82) is 0 Å². The van der Waals surface area contributed by atoms with Crippen molar-refractivity contribution in [2.45, 2.75) is 36.7 Å². The maximum Gasteiger partial charge on any atom is 0.244 e. The highest BCUT2D eigenvalue weighted by Gasteiger charge is 2.36. The fourth-order valence-electron chi connectivity index (χ4n) is 3.29. The summed E-state index contributed by atoms with van der Waals surface area (Å²) in [5.41, 5.74) is 0.415. The first-order valence-electron chi connectivity index (χ1n) is 9.20. The van der Waals surface area contributed by atoms with E-state index in [4.69, 9.17) is 16.3 Å². The Bertz CT molecular complexity index is 982. The fraction of sp³-hybridized carbons (Fsp3) is 0.350. The zero-order chi connectivity index (χ0) is 21.0. The van der Waals surface area contributed by atoms with Crippen molar-refractivity contribution >= 4 is 27.5 Å². The molecule has 1 heterocycles. The lowest BCUT2D eigenvalue weighted by Crippen LogP contribution is -2.48. The van der Waals surface area contributed by atoms with Gasteiger partial charge in [0.25, 0.3) is 0 Å². The van der Waals surface area contributed by atoms with Crippen molar-refractivity contribution in [3.63, 3.8) is 0 Å². The van der Waals surface area contributed by atoms with E-state index >= 15 is 0 Å². The van der Waals surface area contributed by atoms with Crippen LogP contribution in [0.2, 0.25) is 5.02 Å². The van der Waals surface area contributed by atoms with Crippen LogP contribution >= 0.6 is 11.6 Å². The summed E-state index contributed by atoms with van der Waals surface area (Å²) in [5, 5.41) is 3.17. The summed E-state index contributed by atoms with van der Waals surface area (Å²) in [6.45, 7) is 0.352. The van der Waals surface area contributed by atoms with Crippen LogP contribution in [0.4, 0.5) is 4.39 Å². The van der Waals surface area contributed by atoms with E-state index < -0.39 is 21.9 Å². The summed E-state index contributed by atoms with van der Waals surface area (Å²) in [6, 6.07) is 9.11. The molecular weight excluding hydrogens is 419 g/mol. The molecule has 156 valence electrons. The number of sulfonamides is 1. The van der Waals surface area contributed by atoms with Crippen molar-refractivity contribution in [2.24, 2.45) is 0 Å². The van der Waals surface area contributed by atoms with Gasteiger partial charge in [-0.3, -0.25) is 4.79 Å². The topological polar surface area (TPSA) is 75.7 Å². The number of ether oxygens (including phenoxy) is 1. The molecule has 0 aliphatic carbocycles. The average Bonchev–Trinajstić information content (AvgIpc) is 2.90. The number of hydrogen-bond acceptors (Lipinski definition) is 4. The molecule has 1 aliphatic rings. The van der Waals surface area contributed by atoms with Crippen molar-refractivity contribution < 1.29 is 22.3 Å². The Kier molecular flexibility index (Phi) is 6.77. The Balaban J connectivity index is 2.02. The molecule has 9 heteroatoms. The van der Waals surface area contributed by atoms with E-state index in [1.807, 2.05) is 0 Å². The second kappa shape index (κ2) is 9.11. The molecule has 0 saturated carbocycles. The maximum atomic E-state index is 14.2. The predicted molar refractivity (Wildman–Crippen MR) is 108 cm³/mol. The second-order valence-corrected chi connectivity index (χ2v) is 9.10. The monoisotopic (exact) mass is 440 g/mol. The maximum absolute atomic E-state index is 14.2. The number of methoxy groups -OCH3 is 1. The standard InChI is InChI=1S/C20H22ClFN2O4S/c1-28-19-10-5-14(12-17(19)22)13-24(18-4-2-3-11-23-20(18)25)29(26,27)16-8-6-15(21)7-9-16/h5-10,12,18H,2-4,11,13H2,1H3,(H,23,25)/t18-/m0/s1. The van der Waals surface area contributed by atoms with Crippen LogP contribution in [0, 0.1) is 5.82 Å². The molecule has 29 heavy (non-hydrogen) atoms. The van der Waals surface area contributed by atoms with Gasteiger partial charge in [-0.05, 0) is 61.2 Å². The molecule has 0 radical (unpaired) electrons. The Labute approximate surface area is 174 Å². The molecule has 2 aromatic rings. The molecule has 6 nitrogen and oxygen atoms in total. The molecule has 1 aliphatic heterocycles. The lowest BCUT2D eigenvalue weighted by Gasteiger charge is -2.29. The molecule has 1 fully saturated rings. The van der Waals surface area contributed by atoms with Crippen LogP contribution in [0.1, 0.15) is 24.8 Å². The van der Waals surface area contributed by atoms with Gasteiger partial charge in [0.1, 0.15) is 6.04 Å². The lowest BCUT2D eigenvalue weighted by atomic mass is 10.1. The van der Waals surface area contributed by atoms with Crippen LogP contribution in [0.3, 0.4) is 0 Å². The summed E-state index contributed by atoms with van der Waals surface area (Å²) in [6.07, 6.45) is 1.86. The van der Waals surface area contributed by atoms with E-state index in [2.05, 4.69) is 5.32 Å². The van der Waals surface area contributed by atoms with Gasteiger partial charge in [0.05, 0.1) is 12.0 Å². The number of amides is 1. The van der Waals surface area contributed by atoms with Crippen molar-refractivity contribution in [2.75, 3.05) is 13.7 Å². The summed E-state index contributed by atoms with van der Waals surface area (Å²) >= 11 is 5.88. The number of nitrogens with zero attached hydrogens (tertiary/aromatic N) is 1. The van der Waals surface area contributed by atoms with E-state index in [1.54, 1.807) is 6.07 Å². The van der Waals surface area contributed by atoms with E-state index in [9.17, 15) is 17.6 Å². The van der Waals surface area contributed by atoms with Crippen LogP contribution in [-0.2, 0) is 21.4 Å². The third-order valence-corrected chi connectivity index (χ3v) is 6.95. The normalized spacial score (nSPS) is 17.7. The second-order valence-electron chi connectivity index (χ2n) is 6.78. The molecule has 0 spiro atoms. The van der Waals surface area contributed by atoms with E-state index in [-0.39, 0.29) is 23.1 Å². The number of carbonyl (C=O) groups excluding carboxylic acids is 1. The Hall–Kier alpha value is -2.16. The van der Waals surface area contributed by atoms with Gasteiger partial charge in [-0.1, -0.05) is 17.7 Å². The van der Waals surface area contributed by atoms with Crippen molar-refractivity contribution in [3.05, 3.63) is 58.9 Å². The Morgan fingerprint density at radius 3 is 2.59 bits per heavy atom. The first-order valence-corrected chi connectivity index (χ1v) is 11.0. The minimum Gasteiger partial charge on any atom is -0.494 e. The largest absolute Gasteiger partial charge is 0.494 e. The predicted octanol–water partition coefficient (Wildman–Crippen LogP) is 3.35. The van der Waals surface area contributed by atoms with Gasteiger partial charge in [-0.2, -0.15) is 4.31 Å². The van der Waals surface area contributed by atoms with Crippen LogP contribution < -0.4 is 10.1 Å².